The molecule has 0 saturated carbocycles. The predicted octanol–water partition coefficient (Wildman–Crippen LogP) is 6.09. The van der Waals surface area contributed by atoms with Gasteiger partial charge in [0.1, 0.15) is 5.75 Å². The van der Waals surface area contributed by atoms with Gasteiger partial charge in [0.05, 0.1) is 6.61 Å². The highest BCUT2D eigenvalue weighted by Crippen LogP contribution is 2.22. The lowest BCUT2D eigenvalue weighted by Gasteiger charge is -2.12. The molecule has 4 nitrogen and oxygen atoms in total. The van der Waals surface area contributed by atoms with Crippen LogP contribution in [-0.2, 0) is 0 Å². The summed E-state index contributed by atoms with van der Waals surface area (Å²) in [6.45, 7) is 6.94. The summed E-state index contributed by atoms with van der Waals surface area (Å²) in [4.78, 5) is 13.1. The van der Waals surface area contributed by atoms with Gasteiger partial charge in [-0.25, -0.2) is 4.79 Å². The quantitative estimate of drug-likeness (QED) is 0.413. The van der Waals surface area contributed by atoms with Gasteiger partial charge < -0.3 is 10.1 Å². The normalized spacial score (nSPS) is 10.4. The molecule has 0 spiro atoms. The summed E-state index contributed by atoms with van der Waals surface area (Å²) in [5.74, 6) is 0.846. The lowest BCUT2D eigenvalue weighted by molar-refractivity contribution is 0.257. The minimum absolute atomic E-state index is 0.244. The summed E-state index contributed by atoms with van der Waals surface area (Å²) in [5, 5.41) is 2.88. The van der Waals surface area contributed by atoms with Gasteiger partial charge in [0, 0.05) is 10.6 Å². The van der Waals surface area contributed by atoms with Gasteiger partial charge in [-0.1, -0.05) is 43.9 Å². The SMILES string of the molecule is CCCCCCOc1ccc(NC(=O)NSc2ccc(C)cc2)c(C)c1. The number of rotatable bonds is 9. The summed E-state index contributed by atoms with van der Waals surface area (Å²) >= 11 is 1.30. The van der Waals surface area contributed by atoms with Crippen molar-refractivity contribution in [1.82, 2.24) is 4.72 Å². The van der Waals surface area contributed by atoms with Crippen LogP contribution >= 0.6 is 11.9 Å². The van der Waals surface area contributed by atoms with E-state index < -0.39 is 0 Å². The molecule has 0 aliphatic carbocycles. The Bertz CT molecular complexity index is 702. The van der Waals surface area contributed by atoms with Gasteiger partial charge in [-0.15, -0.1) is 0 Å². The molecule has 0 aliphatic heterocycles. The van der Waals surface area contributed by atoms with Crippen LogP contribution in [0.4, 0.5) is 10.5 Å². The van der Waals surface area contributed by atoms with Crippen LogP contribution in [0.5, 0.6) is 5.75 Å². The second kappa shape index (κ2) is 10.8. The van der Waals surface area contributed by atoms with Crippen molar-refractivity contribution in [2.24, 2.45) is 0 Å². The molecule has 2 aromatic carbocycles. The van der Waals surface area contributed by atoms with Crippen LogP contribution in [0.3, 0.4) is 0 Å². The van der Waals surface area contributed by atoms with Crippen molar-refractivity contribution in [3.63, 3.8) is 0 Å². The largest absolute Gasteiger partial charge is 0.494 e. The number of unbranched alkanes of at least 4 members (excludes halogenated alkanes) is 3. The molecule has 2 N–H and O–H groups in total. The second-order valence-corrected chi connectivity index (χ2v) is 7.24. The Kier molecular flexibility index (Phi) is 8.35. The fourth-order valence-corrected chi connectivity index (χ4v) is 2.98. The molecule has 2 amide bonds. The van der Waals surface area contributed by atoms with Crippen molar-refractivity contribution in [3.8, 4) is 5.75 Å². The third-order valence-corrected chi connectivity index (χ3v) is 4.79. The molecule has 0 aliphatic rings. The van der Waals surface area contributed by atoms with E-state index in [1.165, 1.54) is 36.8 Å². The highest BCUT2D eigenvalue weighted by molar-refractivity contribution is 7.98. The summed E-state index contributed by atoms with van der Waals surface area (Å²) in [6, 6.07) is 13.5. The maximum atomic E-state index is 12.1. The molecule has 0 atom stereocenters. The second-order valence-electron chi connectivity index (χ2n) is 6.36. The van der Waals surface area contributed by atoms with E-state index in [2.05, 4.69) is 17.0 Å². The summed E-state index contributed by atoms with van der Waals surface area (Å²) in [5.41, 5.74) is 2.96. The minimum Gasteiger partial charge on any atom is -0.494 e. The highest BCUT2D eigenvalue weighted by atomic mass is 32.2. The first kappa shape index (κ1) is 20.2. The monoisotopic (exact) mass is 372 g/mol. The van der Waals surface area contributed by atoms with Crippen molar-refractivity contribution in [3.05, 3.63) is 53.6 Å². The standard InChI is InChI=1S/C21H28N2O2S/c1-4-5-6-7-14-25-18-10-13-20(17(3)15-18)22-21(24)23-26-19-11-8-16(2)9-12-19/h8-13,15H,4-7,14H2,1-3H3,(H2,22,23,24). The lowest BCUT2D eigenvalue weighted by atomic mass is 10.2. The molecule has 5 heteroatoms. The Morgan fingerprint density at radius 3 is 2.50 bits per heavy atom. The van der Waals surface area contributed by atoms with E-state index >= 15 is 0 Å². The van der Waals surface area contributed by atoms with E-state index in [1.54, 1.807) is 0 Å². The first-order chi connectivity index (χ1) is 12.6. The Labute approximate surface area is 160 Å². The maximum Gasteiger partial charge on any atom is 0.329 e. The third-order valence-electron chi connectivity index (χ3n) is 4.00. The zero-order chi connectivity index (χ0) is 18.8. The van der Waals surface area contributed by atoms with Crippen molar-refractivity contribution in [2.45, 2.75) is 51.3 Å². The fourth-order valence-electron chi connectivity index (χ4n) is 2.44. The Hall–Kier alpha value is -2.14. The number of amides is 2. The van der Waals surface area contributed by atoms with Gasteiger partial charge in [-0.3, -0.25) is 4.72 Å². The highest BCUT2D eigenvalue weighted by Gasteiger charge is 2.06. The summed E-state index contributed by atoms with van der Waals surface area (Å²) < 4.78 is 8.57. The van der Waals surface area contributed by atoms with Crippen LogP contribution in [0.1, 0.15) is 43.7 Å². The predicted molar refractivity (Wildman–Crippen MR) is 110 cm³/mol. The van der Waals surface area contributed by atoms with Crippen molar-refractivity contribution in [1.29, 1.82) is 0 Å². The smallest absolute Gasteiger partial charge is 0.329 e. The van der Waals surface area contributed by atoms with Crippen LogP contribution < -0.4 is 14.8 Å². The molecular weight excluding hydrogens is 344 g/mol. The average Bonchev–Trinajstić information content (AvgIpc) is 2.63. The van der Waals surface area contributed by atoms with E-state index in [1.807, 2.05) is 56.3 Å². The molecule has 0 radical (unpaired) electrons. The topological polar surface area (TPSA) is 50.4 Å². The van der Waals surface area contributed by atoms with Gasteiger partial charge in [0.25, 0.3) is 0 Å². The lowest BCUT2D eigenvalue weighted by Crippen LogP contribution is -2.23. The first-order valence-electron chi connectivity index (χ1n) is 9.12. The van der Waals surface area contributed by atoms with Crippen LogP contribution in [0, 0.1) is 13.8 Å². The molecule has 0 bridgehead atoms. The van der Waals surface area contributed by atoms with E-state index in [0.29, 0.717) is 0 Å². The van der Waals surface area contributed by atoms with Crippen LogP contribution in [0.25, 0.3) is 0 Å². The number of carbonyl (C=O) groups excluding carboxylic acids is 1. The zero-order valence-electron chi connectivity index (χ0n) is 15.8. The minimum atomic E-state index is -0.244. The van der Waals surface area contributed by atoms with Crippen LogP contribution in [0.15, 0.2) is 47.4 Å². The number of benzene rings is 2. The van der Waals surface area contributed by atoms with Gasteiger partial charge >= 0.3 is 6.03 Å². The third kappa shape index (κ3) is 7.00. The van der Waals surface area contributed by atoms with Crippen molar-refractivity contribution >= 4 is 23.7 Å². The van der Waals surface area contributed by atoms with Crippen molar-refractivity contribution in [2.75, 3.05) is 11.9 Å². The number of urea groups is 1. The van der Waals surface area contributed by atoms with Crippen molar-refractivity contribution < 1.29 is 9.53 Å². The molecular formula is C21H28N2O2S. The van der Waals surface area contributed by atoms with Crippen LogP contribution in [-0.4, -0.2) is 12.6 Å². The fraction of sp³-hybridized carbons (Fsp3) is 0.381. The van der Waals surface area contributed by atoms with Gasteiger partial charge in [0.15, 0.2) is 0 Å². The number of hydrogen-bond acceptors (Lipinski definition) is 3. The summed E-state index contributed by atoms with van der Waals surface area (Å²) in [7, 11) is 0. The van der Waals surface area contributed by atoms with E-state index in [-0.39, 0.29) is 6.03 Å². The van der Waals surface area contributed by atoms with E-state index in [0.717, 1.165) is 34.9 Å². The zero-order valence-corrected chi connectivity index (χ0v) is 16.6. The van der Waals surface area contributed by atoms with Crippen LogP contribution in [0.2, 0.25) is 0 Å². The van der Waals surface area contributed by atoms with Gasteiger partial charge in [-0.2, -0.15) is 0 Å². The molecule has 26 heavy (non-hydrogen) atoms. The summed E-state index contributed by atoms with van der Waals surface area (Å²) in [6.07, 6.45) is 4.75. The van der Waals surface area contributed by atoms with E-state index in [4.69, 9.17) is 4.74 Å². The number of nitrogens with one attached hydrogen (secondary N) is 2. The number of carbonyl (C=O) groups is 1. The van der Waals surface area contributed by atoms with Gasteiger partial charge in [0.2, 0.25) is 0 Å². The molecule has 2 rings (SSSR count). The number of ether oxygens (including phenoxy) is 1. The Balaban J connectivity index is 1.79. The molecule has 0 fully saturated rings. The molecule has 0 heterocycles. The number of anilines is 1. The molecule has 2 aromatic rings. The Morgan fingerprint density at radius 1 is 1.04 bits per heavy atom. The Morgan fingerprint density at radius 2 is 1.81 bits per heavy atom. The van der Waals surface area contributed by atoms with E-state index in [9.17, 15) is 4.79 Å². The number of aryl methyl sites for hydroxylation is 2. The first-order valence-corrected chi connectivity index (χ1v) is 9.94. The molecule has 0 aromatic heterocycles. The maximum absolute atomic E-state index is 12.1. The van der Waals surface area contributed by atoms with Gasteiger partial charge in [-0.05, 0) is 68.1 Å². The number of hydrogen-bond donors (Lipinski definition) is 2. The average molecular weight is 373 g/mol. The molecule has 0 saturated heterocycles. The molecule has 0 unspecified atom stereocenters. The molecule has 140 valence electrons.